The summed E-state index contributed by atoms with van der Waals surface area (Å²) >= 11 is 0. The van der Waals surface area contributed by atoms with E-state index >= 15 is 0 Å². The number of carbonyl (C=O) groups excluding carboxylic acids is 2. The molecule has 0 aliphatic carbocycles. The summed E-state index contributed by atoms with van der Waals surface area (Å²) in [6.45, 7) is 11.7. The maximum Gasteiger partial charge on any atom is 0.219 e. The van der Waals surface area contributed by atoms with Gasteiger partial charge < -0.3 is 14.4 Å². The average Bonchev–Trinajstić information content (AvgIpc) is 2.77. The summed E-state index contributed by atoms with van der Waals surface area (Å²) in [4.78, 5) is 30.5. The molecule has 1 amide bonds. The SMILES string of the molecule is CC(=O)N1CCN(CCCOc2ccc(C(=O)C(C)N3CCOCC3)cc2)CC1. The predicted octanol–water partition coefficient (Wildman–Crippen LogP) is 1.52. The van der Waals surface area contributed by atoms with E-state index in [2.05, 4.69) is 9.80 Å². The van der Waals surface area contributed by atoms with Crippen LogP contribution in [0.15, 0.2) is 24.3 Å². The molecule has 2 aliphatic rings. The van der Waals surface area contributed by atoms with Gasteiger partial charge in [-0.05, 0) is 37.6 Å². The molecule has 1 aromatic rings. The Labute approximate surface area is 173 Å². The monoisotopic (exact) mass is 403 g/mol. The summed E-state index contributed by atoms with van der Waals surface area (Å²) in [7, 11) is 0. The second kappa shape index (κ2) is 10.7. The molecule has 7 heteroatoms. The van der Waals surface area contributed by atoms with Gasteiger partial charge in [0.15, 0.2) is 5.78 Å². The molecule has 2 fully saturated rings. The Balaban J connectivity index is 1.37. The summed E-state index contributed by atoms with van der Waals surface area (Å²) in [5, 5.41) is 0. The van der Waals surface area contributed by atoms with Crippen LogP contribution in [0.1, 0.15) is 30.6 Å². The normalized spacial score (nSPS) is 19.7. The number of hydrogen-bond acceptors (Lipinski definition) is 6. The molecule has 2 aliphatic heterocycles. The molecule has 3 rings (SSSR count). The maximum absolute atomic E-state index is 12.7. The summed E-state index contributed by atoms with van der Waals surface area (Å²) in [5.74, 6) is 1.10. The highest BCUT2D eigenvalue weighted by molar-refractivity contribution is 5.99. The Morgan fingerprint density at radius 1 is 1.03 bits per heavy atom. The van der Waals surface area contributed by atoms with Crippen LogP contribution in [0.2, 0.25) is 0 Å². The zero-order valence-electron chi connectivity index (χ0n) is 17.6. The molecule has 2 heterocycles. The van der Waals surface area contributed by atoms with Gasteiger partial charge in [0.05, 0.1) is 25.9 Å². The third kappa shape index (κ3) is 6.26. The van der Waals surface area contributed by atoms with Crippen LogP contribution < -0.4 is 4.74 Å². The van der Waals surface area contributed by atoms with Crippen LogP contribution in [-0.4, -0.2) is 98.1 Å². The Morgan fingerprint density at radius 2 is 1.69 bits per heavy atom. The number of carbonyl (C=O) groups is 2. The van der Waals surface area contributed by atoms with E-state index in [1.165, 1.54) is 0 Å². The number of Topliss-reactive ketones (excluding diaryl/α,β-unsaturated/α-hetero) is 1. The van der Waals surface area contributed by atoms with Crippen molar-refractivity contribution in [1.82, 2.24) is 14.7 Å². The number of benzene rings is 1. The van der Waals surface area contributed by atoms with Gasteiger partial charge in [-0.15, -0.1) is 0 Å². The predicted molar refractivity (Wildman–Crippen MR) is 111 cm³/mol. The highest BCUT2D eigenvalue weighted by Crippen LogP contribution is 2.16. The minimum atomic E-state index is -0.130. The number of ether oxygens (including phenoxy) is 2. The molecule has 29 heavy (non-hydrogen) atoms. The van der Waals surface area contributed by atoms with Crippen LogP contribution in [0.25, 0.3) is 0 Å². The highest BCUT2D eigenvalue weighted by Gasteiger charge is 2.24. The van der Waals surface area contributed by atoms with Crippen LogP contribution in [0.3, 0.4) is 0 Å². The lowest BCUT2D eigenvalue weighted by molar-refractivity contribution is -0.130. The van der Waals surface area contributed by atoms with E-state index in [4.69, 9.17) is 9.47 Å². The number of ketones is 1. The Morgan fingerprint density at radius 3 is 2.31 bits per heavy atom. The second-order valence-corrected chi connectivity index (χ2v) is 7.76. The van der Waals surface area contributed by atoms with Crippen molar-refractivity contribution in [2.24, 2.45) is 0 Å². The quantitative estimate of drug-likeness (QED) is 0.485. The number of amides is 1. The molecule has 7 nitrogen and oxygen atoms in total. The molecule has 1 atom stereocenters. The zero-order valence-corrected chi connectivity index (χ0v) is 17.6. The van der Waals surface area contributed by atoms with Crippen LogP contribution in [-0.2, 0) is 9.53 Å². The zero-order chi connectivity index (χ0) is 20.6. The van der Waals surface area contributed by atoms with E-state index in [1.54, 1.807) is 6.92 Å². The summed E-state index contributed by atoms with van der Waals surface area (Å²) in [6.07, 6.45) is 0.939. The van der Waals surface area contributed by atoms with Gasteiger partial charge in [-0.3, -0.25) is 19.4 Å². The molecule has 0 spiro atoms. The second-order valence-electron chi connectivity index (χ2n) is 7.76. The first-order valence-electron chi connectivity index (χ1n) is 10.6. The topological polar surface area (TPSA) is 62.3 Å². The Bertz CT molecular complexity index is 665. The lowest BCUT2D eigenvalue weighted by Gasteiger charge is -2.34. The van der Waals surface area contributed by atoms with Crippen LogP contribution in [0.5, 0.6) is 5.75 Å². The number of nitrogens with zero attached hydrogens (tertiary/aromatic N) is 3. The molecule has 0 saturated carbocycles. The van der Waals surface area contributed by atoms with E-state index in [-0.39, 0.29) is 17.7 Å². The van der Waals surface area contributed by atoms with Crippen molar-refractivity contribution >= 4 is 11.7 Å². The van der Waals surface area contributed by atoms with E-state index in [1.807, 2.05) is 36.1 Å². The molecule has 0 N–H and O–H groups in total. The van der Waals surface area contributed by atoms with E-state index in [9.17, 15) is 9.59 Å². The minimum Gasteiger partial charge on any atom is -0.494 e. The molecular weight excluding hydrogens is 370 g/mol. The van der Waals surface area contributed by atoms with Crippen molar-refractivity contribution in [3.63, 3.8) is 0 Å². The van der Waals surface area contributed by atoms with Crippen molar-refractivity contribution in [3.8, 4) is 5.75 Å². The van der Waals surface area contributed by atoms with Crippen molar-refractivity contribution in [1.29, 1.82) is 0 Å². The number of piperazine rings is 1. The lowest BCUT2D eigenvalue weighted by atomic mass is 10.0. The largest absolute Gasteiger partial charge is 0.494 e. The summed E-state index contributed by atoms with van der Waals surface area (Å²) < 4.78 is 11.2. The van der Waals surface area contributed by atoms with Gasteiger partial charge in [0.25, 0.3) is 0 Å². The van der Waals surface area contributed by atoms with Crippen molar-refractivity contribution < 1.29 is 19.1 Å². The minimum absolute atomic E-state index is 0.130. The van der Waals surface area contributed by atoms with Gasteiger partial charge in [-0.1, -0.05) is 0 Å². The molecular formula is C22H33N3O4. The number of rotatable bonds is 8. The average molecular weight is 404 g/mol. The van der Waals surface area contributed by atoms with Gasteiger partial charge in [-0.2, -0.15) is 0 Å². The van der Waals surface area contributed by atoms with Crippen molar-refractivity contribution in [2.45, 2.75) is 26.3 Å². The van der Waals surface area contributed by atoms with Crippen molar-refractivity contribution in [3.05, 3.63) is 29.8 Å². The van der Waals surface area contributed by atoms with Gasteiger partial charge in [0, 0.05) is 58.3 Å². The standard InChI is InChI=1S/C22H33N3O4/c1-18(24-13-16-28-17-14-24)22(27)20-4-6-21(7-5-20)29-15-3-8-23-9-11-25(12-10-23)19(2)26/h4-7,18H,3,8-17H2,1-2H3. The molecule has 0 aromatic heterocycles. The maximum atomic E-state index is 12.7. The van der Waals surface area contributed by atoms with Gasteiger partial charge in [0.2, 0.25) is 5.91 Å². The van der Waals surface area contributed by atoms with Crippen LogP contribution in [0.4, 0.5) is 0 Å². The Hall–Kier alpha value is -1.96. The van der Waals surface area contributed by atoms with E-state index < -0.39 is 0 Å². The first-order valence-corrected chi connectivity index (χ1v) is 10.6. The van der Waals surface area contributed by atoms with Gasteiger partial charge >= 0.3 is 0 Å². The summed E-state index contributed by atoms with van der Waals surface area (Å²) in [6, 6.07) is 7.34. The Kier molecular flexibility index (Phi) is 8.03. The first-order chi connectivity index (χ1) is 14.0. The van der Waals surface area contributed by atoms with Crippen molar-refractivity contribution in [2.75, 3.05) is 65.6 Å². The number of morpholine rings is 1. The molecule has 0 radical (unpaired) electrons. The first kappa shape index (κ1) is 21.7. The molecule has 1 aromatic carbocycles. The molecule has 2 saturated heterocycles. The highest BCUT2D eigenvalue weighted by atomic mass is 16.5. The van der Waals surface area contributed by atoms with Crippen LogP contribution >= 0.6 is 0 Å². The fourth-order valence-electron chi connectivity index (χ4n) is 3.85. The fraction of sp³-hybridized carbons (Fsp3) is 0.636. The van der Waals surface area contributed by atoms with Gasteiger partial charge in [0.1, 0.15) is 5.75 Å². The molecule has 1 unspecified atom stereocenters. The third-order valence-electron chi connectivity index (χ3n) is 5.82. The van der Waals surface area contributed by atoms with E-state index in [0.717, 1.165) is 63.5 Å². The smallest absolute Gasteiger partial charge is 0.219 e. The lowest BCUT2D eigenvalue weighted by Crippen LogP contribution is -2.48. The fourth-order valence-corrected chi connectivity index (χ4v) is 3.85. The summed E-state index contributed by atoms with van der Waals surface area (Å²) in [5.41, 5.74) is 0.722. The molecule has 0 bridgehead atoms. The van der Waals surface area contributed by atoms with E-state index in [0.29, 0.717) is 19.8 Å². The van der Waals surface area contributed by atoms with Crippen LogP contribution in [0, 0.1) is 0 Å². The molecule has 160 valence electrons. The third-order valence-corrected chi connectivity index (χ3v) is 5.82. The number of hydrogen-bond donors (Lipinski definition) is 0. The van der Waals surface area contributed by atoms with Gasteiger partial charge in [-0.25, -0.2) is 0 Å².